The summed E-state index contributed by atoms with van der Waals surface area (Å²) >= 11 is 0. The molecule has 2 unspecified atom stereocenters. The number of hydrogen-bond acceptors (Lipinski definition) is 3. The molecule has 0 saturated carbocycles. The van der Waals surface area contributed by atoms with Gasteiger partial charge in [0.1, 0.15) is 0 Å². The van der Waals surface area contributed by atoms with Crippen LogP contribution in [0.1, 0.15) is 90.9 Å². The van der Waals surface area contributed by atoms with Crippen LogP contribution in [0.25, 0.3) is 0 Å². The van der Waals surface area contributed by atoms with Gasteiger partial charge in [-0.3, -0.25) is 4.55 Å². The molecule has 128 valence electrons. The quantitative estimate of drug-likeness (QED) is 0.369. The van der Waals surface area contributed by atoms with Crippen molar-refractivity contribution in [2.75, 3.05) is 0 Å². The number of rotatable bonds is 14. The Kier molecular flexibility index (Phi) is 12.3. The van der Waals surface area contributed by atoms with Gasteiger partial charge in [-0.2, -0.15) is 8.42 Å². The minimum absolute atomic E-state index is 0.156. The molecule has 0 heterocycles. The van der Waals surface area contributed by atoms with Gasteiger partial charge in [0.05, 0.1) is 11.4 Å². The Hall–Kier alpha value is -0.130. The topological polar surface area (TPSA) is 74.6 Å². The van der Waals surface area contributed by atoms with E-state index in [1.807, 2.05) is 6.92 Å². The van der Waals surface area contributed by atoms with E-state index in [1.54, 1.807) is 0 Å². The van der Waals surface area contributed by atoms with Crippen molar-refractivity contribution in [3.05, 3.63) is 0 Å². The van der Waals surface area contributed by atoms with Gasteiger partial charge in [0.15, 0.2) is 0 Å². The minimum Gasteiger partial charge on any atom is -0.393 e. The van der Waals surface area contributed by atoms with Gasteiger partial charge in [-0.25, -0.2) is 0 Å². The van der Waals surface area contributed by atoms with Gasteiger partial charge >= 0.3 is 0 Å². The molecule has 2 atom stereocenters. The summed E-state index contributed by atoms with van der Waals surface area (Å²) in [6.45, 7) is 4.09. The van der Waals surface area contributed by atoms with Crippen LogP contribution in [0.15, 0.2) is 0 Å². The molecule has 0 radical (unpaired) electrons. The largest absolute Gasteiger partial charge is 0.393 e. The molecule has 0 spiro atoms. The maximum absolute atomic E-state index is 11.2. The summed E-state index contributed by atoms with van der Waals surface area (Å²) in [5.41, 5.74) is 0. The fourth-order valence-corrected chi connectivity index (χ4v) is 3.64. The van der Waals surface area contributed by atoms with E-state index >= 15 is 0 Å². The Bertz CT molecular complexity index is 327. The summed E-state index contributed by atoms with van der Waals surface area (Å²) in [5.74, 6) is 0. The predicted molar refractivity (Wildman–Crippen MR) is 88.1 cm³/mol. The summed E-state index contributed by atoms with van der Waals surface area (Å²) in [4.78, 5) is 0. The maximum Gasteiger partial charge on any atom is 0.267 e. The van der Waals surface area contributed by atoms with Crippen molar-refractivity contribution < 1.29 is 18.1 Å². The third-order valence-corrected chi connectivity index (χ3v) is 5.23. The highest BCUT2D eigenvalue weighted by Gasteiger charge is 2.24. The highest BCUT2D eigenvalue weighted by molar-refractivity contribution is 7.86. The molecule has 0 aliphatic rings. The summed E-state index contributed by atoms with van der Waals surface area (Å²) < 4.78 is 31.5. The molecule has 0 aliphatic carbocycles. The van der Waals surface area contributed by atoms with E-state index in [9.17, 15) is 13.5 Å². The highest BCUT2D eigenvalue weighted by Crippen LogP contribution is 2.18. The van der Waals surface area contributed by atoms with Crippen LogP contribution in [-0.2, 0) is 10.1 Å². The van der Waals surface area contributed by atoms with E-state index in [4.69, 9.17) is 4.55 Å². The molecule has 4 nitrogen and oxygen atoms in total. The second-order valence-corrected chi connectivity index (χ2v) is 7.78. The Morgan fingerprint density at radius 3 is 1.81 bits per heavy atom. The van der Waals surface area contributed by atoms with E-state index in [1.165, 1.54) is 38.5 Å². The SMILES string of the molecule is CCCCCCCCCCC(O)CC(CCC)S(=O)(=O)O. The summed E-state index contributed by atoms with van der Waals surface area (Å²) in [7, 11) is -4.03. The average molecular weight is 323 g/mol. The van der Waals surface area contributed by atoms with Crippen molar-refractivity contribution in [3.8, 4) is 0 Å². The van der Waals surface area contributed by atoms with Crippen LogP contribution in [-0.4, -0.2) is 29.4 Å². The van der Waals surface area contributed by atoms with Crippen molar-refractivity contribution in [1.29, 1.82) is 0 Å². The normalized spacial score (nSPS) is 15.0. The smallest absolute Gasteiger partial charge is 0.267 e. The van der Waals surface area contributed by atoms with Crippen molar-refractivity contribution in [3.63, 3.8) is 0 Å². The Balaban J connectivity index is 3.71. The third kappa shape index (κ3) is 12.1. The second-order valence-electron chi connectivity index (χ2n) is 6.08. The Labute approximate surface area is 131 Å². The van der Waals surface area contributed by atoms with Gasteiger partial charge < -0.3 is 5.11 Å². The first-order chi connectivity index (χ1) is 9.91. The molecule has 2 N–H and O–H groups in total. The van der Waals surface area contributed by atoms with Crippen LogP contribution < -0.4 is 0 Å². The first-order valence-corrected chi connectivity index (χ1v) is 10.1. The van der Waals surface area contributed by atoms with Gasteiger partial charge in [-0.05, 0) is 19.3 Å². The third-order valence-electron chi connectivity index (χ3n) is 3.96. The minimum atomic E-state index is -4.03. The van der Waals surface area contributed by atoms with Crippen LogP contribution in [0.4, 0.5) is 0 Å². The van der Waals surface area contributed by atoms with E-state index < -0.39 is 21.5 Å². The number of aliphatic hydroxyl groups is 1. The summed E-state index contributed by atoms with van der Waals surface area (Å²) in [6, 6.07) is 0. The van der Waals surface area contributed by atoms with E-state index in [0.29, 0.717) is 19.3 Å². The van der Waals surface area contributed by atoms with Gasteiger partial charge in [0.25, 0.3) is 10.1 Å². The molecule has 0 fully saturated rings. The van der Waals surface area contributed by atoms with Crippen LogP contribution in [0.3, 0.4) is 0 Å². The predicted octanol–water partition coefficient (Wildman–Crippen LogP) is 4.32. The molecular weight excluding hydrogens is 288 g/mol. The molecule has 0 amide bonds. The van der Waals surface area contributed by atoms with Gasteiger partial charge in [0.2, 0.25) is 0 Å². The van der Waals surface area contributed by atoms with E-state index in [2.05, 4.69) is 6.92 Å². The van der Waals surface area contributed by atoms with E-state index in [-0.39, 0.29) is 6.42 Å². The molecule has 0 saturated heterocycles. The van der Waals surface area contributed by atoms with Gasteiger partial charge in [-0.15, -0.1) is 0 Å². The summed E-state index contributed by atoms with van der Waals surface area (Å²) in [5, 5.41) is 9.09. The van der Waals surface area contributed by atoms with Crippen molar-refractivity contribution >= 4 is 10.1 Å². The molecular formula is C16H34O4S. The van der Waals surface area contributed by atoms with Crippen molar-refractivity contribution in [1.82, 2.24) is 0 Å². The number of unbranched alkanes of at least 4 members (excludes halogenated alkanes) is 7. The van der Waals surface area contributed by atoms with Crippen LogP contribution in [0, 0.1) is 0 Å². The standard InChI is InChI=1S/C16H34O4S/c1-3-5-6-7-8-9-10-11-13-15(17)14-16(12-4-2)21(18,19)20/h15-17H,3-14H2,1-2H3,(H,18,19,20). The monoisotopic (exact) mass is 322 g/mol. The zero-order chi connectivity index (χ0) is 16.1. The molecule has 0 aromatic rings. The number of aliphatic hydroxyl groups excluding tert-OH is 1. The van der Waals surface area contributed by atoms with Crippen LogP contribution in [0.5, 0.6) is 0 Å². The zero-order valence-corrected chi connectivity index (χ0v) is 14.6. The molecule has 21 heavy (non-hydrogen) atoms. The average Bonchev–Trinajstić information content (AvgIpc) is 2.40. The fraction of sp³-hybridized carbons (Fsp3) is 1.00. The lowest BCUT2D eigenvalue weighted by Gasteiger charge is -2.17. The number of hydrogen-bond donors (Lipinski definition) is 2. The first-order valence-electron chi connectivity index (χ1n) is 8.56. The maximum atomic E-state index is 11.2. The molecule has 0 rings (SSSR count). The highest BCUT2D eigenvalue weighted by atomic mass is 32.2. The molecule has 0 aliphatic heterocycles. The van der Waals surface area contributed by atoms with Crippen LogP contribution >= 0.6 is 0 Å². The lowest BCUT2D eigenvalue weighted by atomic mass is 10.0. The molecule has 0 aromatic heterocycles. The Morgan fingerprint density at radius 2 is 1.33 bits per heavy atom. The molecule has 5 heteroatoms. The van der Waals surface area contributed by atoms with Gasteiger partial charge in [-0.1, -0.05) is 71.6 Å². The van der Waals surface area contributed by atoms with Crippen LogP contribution in [0.2, 0.25) is 0 Å². The molecule has 0 aromatic carbocycles. The van der Waals surface area contributed by atoms with Crippen molar-refractivity contribution in [2.45, 2.75) is 102 Å². The fourth-order valence-electron chi connectivity index (χ4n) is 2.65. The van der Waals surface area contributed by atoms with Crippen molar-refractivity contribution in [2.24, 2.45) is 0 Å². The summed E-state index contributed by atoms with van der Waals surface area (Å²) in [6.07, 6.45) is 10.9. The lowest BCUT2D eigenvalue weighted by Crippen LogP contribution is -2.26. The Morgan fingerprint density at radius 1 is 0.810 bits per heavy atom. The second kappa shape index (κ2) is 12.4. The molecule has 0 bridgehead atoms. The van der Waals surface area contributed by atoms with E-state index in [0.717, 1.165) is 12.8 Å². The zero-order valence-electron chi connectivity index (χ0n) is 13.8. The first kappa shape index (κ1) is 20.9. The van der Waals surface area contributed by atoms with Gasteiger partial charge in [0, 0.05) is 0 Å². The lowest BCUT2D eigenvalue weighted by molar-refractivity contribution is 0.147.